The van der Waals surface area contributed by atoms with E-state index in [1.54, 1.807) is 6.92 Å². The van der Waals surface area contributed by atoms with Crippen molar-refractivity contribution in [1.29, 1.82) is 0 Å². The molecule has 0 aliphatic rings. The van der Waals surface area contributed by atoms with Crippen molar-refractivity contribution >= 4 is 5.97 Å². The molecular weight excluding hydrogens is 232 g/mol. The molecule has 0 saturated heterocycles. The van der Waals surface area contributed by atoms with Crippen LogP contribution < -0.4 is 5.32 Å². The molecule has 0 spiro atoms. The number of hydrogen-bond acceptors (Lipinski definition) is 5. The van der Waals surface area contributed by atoms with E-state index in [0.717, 1.165) is 19.6 Å². The van der Waals surface area contributed by atoms with E-state index in [1.165, 1.54) is 0 Å². The van der Waals surface area contributed by atoms with Gasteiger partial charge in [0.25, 0.3) is 0 Å². The highest BCUT2D eigenvalue weighted by molar-refractivity contribution is 5.69. The molecule has 0 aliphatic carbocycles. The van der Waals surface area contributed by atoms with Gasteiger partial charge in [0, 0.05) is 19.1 Å². The standard InChI is InChI=1S/C13H28N2O3/c1-5-15(6-2)10-11(4)14-9-12(16)8-13(17)18-7-3/h11-12,14,16H,5-10H2,1-4H3. The Morgan fingerprint density at radius 3 is 2.44 bits per heavy atom. The van der Waals surface area contributed by atoms with Crippen LogP contribution in [0.5, 0.6) is 0 Å². The van der Waals surface area contributed by atoms with Crippen LogP contribution in [0.1, 0.15) is 34.1 Å². The first kappa shape index (κ1) is 17.4. The van der Waals surface area contributed by atoms with Crippen molar-refractivity contribution in [2.24, 2.45) is 0 Å². The molecule has 0 heterocycles. The van der Waals surface area contributed by atoms with Crippen molar-refractivity contribution in [3.63, 3.8) is 0 Å². The lowest BCUT2D eigenvalue weighted by Gasteiger charge is -2.24. The van der Waals surface area contributed by atoms with Gasteiger partial charge in [-0.2, -0.15) is 0 Å². The lowest BCUT2D eigenvalue weighted by atomic mass is 10.2. The summed E-state index contributed by atoms with van der Waals surface area (Å²) < 4.78 is 4.78. The summed E-state index contributed by atoms with van der Waals surface area (Å²) in [6.45, 7) is 11.9. The summed E-state index contributed by atoms with van der Waals surface area (Å²) in [6, 6.07) is 0.293. The lowest BCUT2D eigenvalue weighted by Crippen LogP contribution is -2.42. The topological polar surface area (TPSA) is 61.8 Å². The third kappa shape index (κ3) is 8.44. The van der Waals surface area contributed by atoms with E-state index in [2.05, 4.69) is 31.0 Å². The molecule has 108 valence electrons. The summed E-state index contributed by atoms with van der Waals surface area (Å²) in [5, 5.41) is 12.9. The highest BCUT2D eigenvalue weighted by Gasteiger charge is 2.13. The van der Waals surface area contributed by atoms with Gasteiger partial charge < -0.3 is 20.1 Å². The number of nitrogens with zero attached hydrogens (tertiary/aromatic N) is 1. The van der Waals surface area contributed by atoms with Crippen LogP contribution in [0, 0.1) is 0 Å². The molecule has 0 aromatic heterocycles. The molecule has 2 N–H and O–H groups in total. The monoisotopic (exact) mass is 260 g/mol. The number of carbonyl (C=O) groups excluding carboxylic acids is 1. The van der Waals surface area contributed by atoms with Crippen molar-refractivity contribution in [3.8, 4) is 0 Å². The normalized spacial score (nSPS) is 14.6. The van der Waals surface area contributed by atoms with E-state index >= 15 is 0 Å². The Morgan fingerprint density at radius 2 is 1.94 bits per heavy atom. The molecule has 0 rings (SSSR count). The molecular formula is C13H28N2O3. The van der Waals surface area contributed by atoms with Crippen LogP contribution in [-0.4, -0.2) is 60.9 Å². The minimum Gasteiger partial charge on any atom is -0.466 e. The lowest BCUT2D eigenvalue weighted by molar-refractivity contribution is -0.145. The fraction of sp³-hybridized carbons (Fsp3) is 0.923. The molecule has 0 aromatic rings. The van der Waals surface area contributed by atoms with E-state index < -0.39 is 6.10 Å². The molecule has 0 amide bonds. The number of aliphatic hydroxyl groups excluding tert-OH is 1. The molecule has 0 bridgehead atoms. The number of likely N-dealkylation sites (N-methyl/N-ethyl adjacent to an activating group) is 1. The maximum atomic E-state index is 11.2. The van der Waals surface area contributed by atoms with Gasteiger partial charge in [-0.15, -0.1) is 0 Å². The Hall–Kier alpha value is -0.650. The largest absolute Gasteiger partial charge is 0.466 e. The summed E-state index contributed by atoms with van der Waals surface area (Å²) in [5.41, 5.74) is 0. The SMILES string of the molecule is CCOC(=O)CC(O)CNC(C)CN(CC)CC. The quantitative estimate of drug-likeness (QED) is 0.564. The highest BCUT2D eigenvalue weighted by atomic mass is 16.5. The maximum Gasteiger partial charge on any atom is 0.308 e. The predicted octanol–water partition coefficient (Wildman–Crippen LogP) is 0.620. The fourth-order valence-corrected chi connectivity index (χ4v) is 1.76. The minimum absolute atomic E-state index is 0.0544. The number of carbonyl (C=O) groups is 1. The van der Waals surface area contributed by atoms with E-state index in [0.29, 0.717) is 19.2 Å². The van der Waals surface area contributed by atoms with Crippen LogP contribution in [0.25, 0.3) is 0 Å². The minimum atomic E-state index is -0.678. The van der Waals surface area contributed by atoms with Crippen LogP contribution >= 0.6 is 0 Å². The zero-order chi connectivity index (χ0) is 14.0. The molecule has 2 atom stereocenters. The Kier molecular flexibility index (Phi) is 9.92. The van der Waals surface area contributed by atoms with Crippen LogP contribution in [-0.2, 0) is 9.53 Å². The predicted molar refractivity (Wildman–Crippen MR) is 72.5 cm³/mol. The molecule has 0 fully saturated rings. The summed E-state index contributed by atoms with van der Waals surface area (Å²) in [7, 11) is 0. The van der Waals surface area contributed by atoms with Crippen molar-refractivity contribution in [2.75, 3.05) is 32.8 Å². The number of rotatable bonds is 10. The van der Waals surface area contributed by atoms with Gasteiger partial charge >= 0.3 is 5.97 Å². The molecule has 18 heavy (non-hydrogen) atoms. The summed E-state index contributed by atoms with van der Waals surface area (Å²) in [6.07, 6.45) is -0.623. The summed E-state index contributed by atoms with van der Waals surface area (Å²) >= 11 is 0. The molecule has 5 heteroatoms. The fourth-order valence-electron chi connectivity index (χ4n) is 1.76. The Morgan fingerprint density at radius 1 is 1.33 bits per heavy atom. The smallest absolute Gasteiger partial charge is 0.308 e. The van der Waals surface area contributed by atoms with E-state index in [9.17, 15) is 9.90 Å². The van der Waals surface area contributed by atoms with Crippen LogP contribution in [0.15, 0.2) is 0 Å². The molecule has 2 unspecified atom stereocenters. The zero-order valence-electron chi connectivity index (χ0n) is 12.1. The molecule has 0 radical (unpaired) electrons. The molecule has 0 aliphatic heterocycles. The van der Waals surface area contributed by atoms with Gasteiger partial charge in [0.1, 0.15) is 0 Å². The van der Waals surface area contributed by atoms with Crippen LogP contribution in [0.3, 0.4) is 0 Å². The third-order valence-electron chi connectivity index (χ3n) is 2.84. The number of nitrogens with one attached hydrogen (secondary N) is 1. The molecule has 0 saturated carbocycles. The Labute approximate surface area is 110 Å². The summed E-state index contributed by atoms with van der Waals surface area (Å²) in [4.78, 5) is 13.5. The first-order valence-electron chi connectivity index (χ1n) is 6.82. The second-order valence-electron chi connectivity index (χ2n) is 4.46. The van der Waals surface area contributed by atoms with Gasteiger partial charge in [-0.3, -0.25) is 4.79 Å². The second-order valence-corrected chi connectivity index (χ2v) is 4.46. The van der Waals surface area contributed by atoms with E-state index in [1.807, 2.05) is 0 Å². The van der Waals surface area contributed by atoms with Crippen LogP contribution in [0.4, 0.5) is 0 Å². The average Bonchev–Trinajstić information content (AvgIpc) is 2.33. The zero-order valence-corrected chi connectivity index (χ0v) is 12.1. The summed E-state index contributed by atoms with van der Waals surface area (Å²) in [5.74, 6) is -0.344. The van der Waals surface area contributed by atoms with Gasteiger partial charge in [0.05, 0.1) is 19.1 Å². The van der Waals surface area contributed by atoms with Gasteiger partial charge in [-0.05, 0) is 26.9 Å². The van der Waals surface area contributed by atoms with Gasteiger partial charge in [0.2, 0.25) is 0 Å². The van der Waals surface area contributed by atoms with Crippen LogP contribution in [0.2, 0.25) is 0 Å². The average molecular weight is 260 g/mol. The van der Waals surface area contributed by atoms with Crippen molar-refractivity contribution < 1.29 is 14.6 Å². The number of hydrogen-bond donors (Lipinski definition) is 2. The highest BCUT2D eigenvalue weighted by Crippen LogP contribution is 1.96. The molecule has 0 aromatic carbocycles. The number of esters is 1. The first-order valence-corrected chi connectivity index (χ1v) is 6.82. The van der Waals surface area contributed by atoms with Crippen molar-refractivity contribution in [2.45, 2.75) is 46.3 Å². The Bertz CT molecular complexity index is 220. The first-order chi connectivity index (χ1) is 8.53. The second kappa shape index (κ2) is 10.3. The van der Waals surface area contributed by atoms with Crippen molar-refractivity contribution in [1.82, 2.24) is 10.2 Å². The van der Waals surface area contributed by atoms with E-state index in [-0.39, 0.29) is 12.4 Å². The van der Waals surface area contributed by atoms with Gasteiger partial charge in [0.15, 0.2) is 0 Å². The maximum absolute atomic E-state index is 11.2. The molecule has 5 nitrogen and oxygen atoms in total. The number of aliphatic hydroxyl groups is 1. The Balaban J connectivity index is 3.76. The third-order valence-corrected chi connectivity index (χ3v) is 2.84. The van der Waals surface area contributed by atoms with Gasteiger partial charge in [-0.25, -0.2) is 0 Å². The van der Waals surface area contributed by atoms with Gasteiger partial charge in [-0.1, -0.05) is 13.8 Å². The van der Waals surface area contributed by atoms with Crippen molar-refractivity contribution in [3.05, 3.63) is 0 Å². The number of ether oxygens (including phenoxy) is 1. The van der Waals surface area contributed by atoms with E-state index in [4.69, 9.17) is 4.74 Å².